The highest BCUT2D eigenvalue weighted by molar-refractivity contribution is 5.89. The lowest BCUT2D eigenvalue weighted by Gasteiger charge is -2.07. The molecule has 0 saturated heterocycles. The van der Waals surface area contributed by atoms with E-state index in [2.05, 4.69) is 25.3 Å². The molecule has 0 saturated carbocycles. The fourth-order valence-corrected chi connectivity index (χ4v) is 1.66. The van der Waals surface area contributed by atoms with Crippen LogP contribution >= 0.6 is 0 Å². The van der Waals surface area contributed by atoms with Crippen molar-refractivity contribution in [2.24, 2.45) is 5.92 Å². The average molecular weight is 270 g/mol. The Morgan fingerprint density at radius 1 is 1.35 bits per heavy atom. The van der Waals surface area contributed by atoms with Gasteiger partial charge in [-0.05, 0) is 18.6 Å². The van der Waals surface area contributed by atoms with Crippen LogP contribution in [-0.2, 0) is 4.74 Å². The van der Waals surface area contributed by atoms with Crippen molar-refractivity contribution in [2.75, 3.05) is 6.61 Å². The van der Waals surface area contributed by atoms with Crippen LogP contribution in [0, 0.1) is 17.8 Å². The van der Waals surface area contributed by atoms with E-state index in [0.717, 1.165) is 12.8 Å². The first-order valence-electron chi connectivity index (χ1n) is 7.11. The summed E-state index contributed by atoms with van der Waals surface area (Å²) in [6.45, 7) is 6.16. The molecule has 0 aromatic heterocycles. The predicted molar refractivity (Wildman–Crippen MR) is 82.3 cm³/mol. The van der Waals surface area contributed by atoms with Crippen LogP contribution in [0.1, 0.15) is 43.0 Å². The fraction of sp³-hybridized carbons (Fsp3) is 0.389. The molecule has 1 atom stereocenters. The fourth-order valence-electron chi connectivity index (χ4n) is 1.66. The first-order chi connectivity index (χ1) is 9.77. The minimum Gasteiger partial charge on any atom is -0.460 e. The van der Waals surface area contributed by atoms with E-state index in [1.54, 1.807) is 18.2 Å². The van der Waals surface area contributed by atoms with Gasteiger partial charge < -0.3 is 4.74 Å². The highest BCUT2D eigenvalue weighted by atomic mass is 16.5. The Balaban J connectivity index is 2.37. The standard InChI is InChI=1S/C18H22O2/c1-3-5-6-7-9-12-16(4-2)15-20-18(19)17-13-10-8-11-14-17/h4,8,10-11,13-14,16H,2-3,5-7,15H2,1H3. The Morgan fingerprint density at radius 3 is 2.75 bits per heavy atom. The minimum absolute atomic E-state index is 0.0933. The molecule has 0 spiro atoms. The summed E-state index contributed by atoms with van der Waals surface area (Å²) >= 11 is 0. The largest absolute Gasteiger partial charge is 0.460 e. The third-order valence-electron chi connectivity index (χ3n) is 2.88. The van der Waals surface area contributed by atoms with E-state index < -0.39 is 0 Å². The molecule has 0 aliphatic carbocycles. The lowest BCUT2D eigenvalue weighted by molar-refractivity contribution is 0.0487. The number of hydrogen-bond acceptors (Lipinski definition) is 2. The summed E-state index contributed by atoms with van der Waals surface area (Å²) < 4.78 is 5.25. The van der Waals surface area contributed by atoms with Gasteiger partial charge in [-0.1, -0.05) is 50.0 Å². The third kappa shape index (κ3) is 6.24. The van der Waals surface area contributed by atoms with E-state index in [1.165, 1.54) is 12.8 Å². The zero-order valence-electron chi connectivity index (χ0n) is 12.1. The predicted octanol–water partition coefficient (Wildman–Crippen LogP) is 4.23. The molecule has 0 bridgehead atoms. The number of unbranched alkanes of at least 4 members (excludes halogenated alkanes) is 3. The lowest BCUT2D eigenvalue weighted by Crippen LogP contribution is -2.11. The molecule has 20 heavy (non-hydrogen) atoms. The van der Waals surface area contributed by atoms with Crippen molar-refractivity contribution in [1.82, 2.24) is 0 Å². The third-order valence-corrected chi connectivity index (χ3v) is 2.88. The van der Waals surface area contributed by atoms with Crippen molar-refractivity contribution in [3.05, 3.63) is 48.6 Å². The van der Waals surface area contributed by atoms with E-state index in [0.29, 0.717) is 5.56 Å². The van der Waals surface area contributed by atoms with Crippen LogP contribution in [0.4, 0.5) is 0 Å². The summed E-state index contributed by atoms with van der Waals surface area (Å²) in [6.07, 6.45) is 6.14. The molecular formula is C18H22O2. The Morgan fingerprint density at radius 2 is 2.10 bits per heavy atom. The SMILES string of the molecule is C=CC(C#CCCCCC)COC(=O)c1ccccc1. The topological polar surface area (TPSA) is 26.3 Å². The van der Waals surface area contributed by atoms with Crippen molar-refractivity contribution in [2.45, 2.75) is 32.6 Å². The molecular weight excluding hydrogens is 248 g/mol. The van der Waals surface area contributed by atoms with Gasteiger partial charge in [0, 0.05) is 6.42 Å². The van der Waals surface area contributed by atoms with Crippen molar-refractivity contribution in [3.8, 4) is 11.8 Å². The maximum Gasteiger partial charge on any atom is 0.338 e. The smallest absolute Gasteiger partial charge is 0.338 e. The lowest BCUT2D eigenvalue weighted by atomic mass is 10.1. The Kier molecular flexibility index (Phi) is 7.91. The molecule has 1 aromatic rings. The number of carbonyl (C=O) groups excluding carboxylic acids is 1. The van der Waals surface area contributed by atoms with E-state index in [4.69, 9.17) is 4.74 Å². The van der Waals surface area contributed by atoms with Crippen LogP contribution in [0.25, 0.3) is 0 Å². The first-order valence-corrected chi connectivity index (χ1v) is 7.11. The van der Waals surface area contributed by atoms with Crippen LogP contribution < -0.4 is 0 Å². The number of esters is 1. The quantitative estimate of drug-likeness (QED) is 0.321. The zero-order chi connectivity index (χ0) is 14.6. The van der Waals surface area contributed by atoms with Gasteiger partial charge in [0.05, 0.1) is 11.5 Å². The van der Waals surface area contributed by atoms with E-state index in [-0.39, 0.29) is 18.5 Å². The second kappa shape index (κ2) is 9.86. The van der Waals surface area contributed by atoms with Crippen LogP contribution in [0.15, 0.2) is 43.0 Å². The first kappa shape index (κ1) is 16.0. The molecule has 1 aromatic carbocycles. The highest BCUT2D eigenvalue weighted by Gasteiger charge is 2.08. The summed E-state index contributed by atoms with van der Waals surface area (Å²) in [5.41, 5.74) is 0.561. The van der Waals surface area contributed by atoms with Crippen molar-refractivity contribution in [3.63, 3.8) is 0 Å². The molecule has 0 aliphatic heterocycles. The Hall–Kier alpha value is -2.01. The molecule has 0 amide bonds. The highest BCUT2D eigenvalue weighted by Crippen LogP contribution is 2.05. The molecule has 106 valence electrons. The second-order valence-electron chi connectivity index (χ2n) is 4.58. The zero-order valence-corrected chi connectivity index (χ0v) is 12.1. The van der Waals surface area contributed by atoms with E-state index >= 15 is 0 Å². The molecule has 0 radical (unpaired) electrons. The molecule has 0 fully saturated rings. The number of ether oxygens (including phenoxy) is 1. The maximum atomic E-state index is 11.8. The molecule has 0 heterocycles. The van der Waals surface area contributed by atoms with Gasteiger partial charge >= 0.3 is 5.97 Å². The second-order valence-corrected chi connectivity index (χ2v) is 4.58. The summed E-state index contributed by atoms with van der Waals surface area (Å²) in [6, 6.07) is 8.97. The number of benzene rings is 1. The van der Waals surface area contributed by atoms with Crippen molar-refractivity contribution >= 4 is 5.97 Å². The van der Waals surface area contributed by atoms with Gasteiger partial charge in [0.2, 0.25) is 0 Å². The van der Waals surface area contributed by atoms with Crippen LogP contribution in [0.5, 0.6) is 0 Å². The van der Waals surface area contributed by atoms with Crippen molar-refractivity contribution < 1.29 is 9.53 Å². The maximum absolute atomic E-state index is 11.8. The molecule has 1 unspecified atom stereocenters. The van der Waals surface area contributed by atoms with Gasteiger partial charge in [-0.15, -0.1) is 12.5 Å². The monoisotopic (exact) mass is 270 g/mol. The van der Waals surface area contributed by atoms with Gasteiger partial charge in [-0.25, -0.2) is 4.79 Å². The minimum atomic E-state index is -0.315. The van der Waals surface area contributed by atoms with Crippen LogP contribution in [-0.4, -0.2) is 12.6 Å². The van der Waals surface area contributed by atoms with Crippen LogP contribution in [0.2, 0.25) is 0 Å². The number of carbonyl (C=O) groups is 1. The average Bonchev–Trinajstić information content (AvgIpc) is 2.50. The Labute approximate surface area is 121 Å². The van der Waals surface area contributed by atoms with Crippen molar-refractivity contribution in [1.29, 1.82) is 0 Å². The van der Waals surface area contributed by atoms with Gasteiger partial charge in [0.1, 0.15) is 6.61 Å². The molecule has 1 rings (SSSR count). The summed E-state index contributed by atoms with van der Waals surface area (Å²) in [5, 5.41) is 0. The molecule has 0 aliphatic rings. The van der Waals surface area contributed by atoms with Gasteiger partial charge in [-0.2, -0.15) is 0 Å². The van der Waals surface area contributed by atoms with Crippen LogP contribution in [0.3, 0.4) is 0 Å². The molecule has 2 heteroatoms. The van der Waals surface area contributed by atoms with Gasteiger partial charge in [0.15, 0.2) is 0 Å². The number of hydrogen-bond donors (Lipinski definition) is 0. The summed E-state index contributed by atoms with van der Waals surface area (Å²) in [4.78, 5) is 11.8. The van der Waals surface area contributed by atoms with Gasteiger partial charge in [-0.3, -0.25) is 0 Å². The van der Waals surface area contributed by atoms with E-state index in [9.17, 15) is 4.79 Å². The van der Waals surface area contributed by atoms with E-state index in [1.807, 2.05) is 18.2 Å². The molecule has 0 N–H and O–H groups in total. The van der Waals surface area contributed by atoms with Gasteiger partial charge in [0.25, 0.3) is 0 Å². The molecule has 2 nitrogen and oxygen atoms in total. The summed E-state index contributed by atoms with van der Waals surface area (Å²) in [7, 11) is 0. The normalized spacial score (nSPS) is 11.1. The summed E-state index contributed by atoms with van der Waals surface area (Å²) in [5.74, 6) is 5.80. The Bertz CT molecular complexity index is 465. The number of rotatable bonds is 7.